The lowest BCUT2D eigenvalue weighted by atomic mass is 10.00. The number of hydrogen-bond donors (Lipinski definition) is 0. The molecule has 0 N–H and O–H groups in total. The minimum Gasteiger partial charge on any atom is -0.406 e. The molecular weight excluding hydrogens is 346 g/mol. The molecule has 0 amide bonds. The SMILES string of the molecule is FC(F)(F)Oc1cccc(-c2cc(CCl)cc(C(F)(F)F)c2)c1. The molecule has 0 bridgehead atoms. The van der Waals surface area contributed by atoms with E-state index in [1.807, 2.05) is 0 Å². The van der Waals surface area contributed by atoms with E-state index in [1.54, 1.807) is 0 Å². The van der Waals surface area contributed by atoms with Crippen LogP contribution in [0.25, 0.3) is 11.1 Å². The Balaban J connectivity index is 2.47. The molecule has 0 fully saturated rings. The Kier molecular flexibility index (Phi) is 4.79. The number of hydrogen-bond acceptors (Lipinski definition) is 1. The summed E-state index contributed by atoms with van der Waals surface area (Å²) in [6, 6.07) is 7.85. The van der Waals surface area contributed by atoms with Gasteiger partial charge in [-0.15, -0.1) is 24.8 Å². The average Bonchev–Trinajstić information content (AvgIpc) is 2.44. The Hall–Kier alpha value is -1.89. The van der Waals surface area contributed by atoms with E-state index in [9.17, 15) is 26.3 Å². The van der Waals surface area contributed by atoms with Gasteiger partial charge in [-0.1, -0.05) is 12.1 Å². The average molecular weight is 355 g/mol. The van der Waals surface area contributed by atoms with Crippen LogP contribution < -0.4 is 4.74 Å². The van der Waals surface area contributed by atoms with Gasteiger partial charge in [-0.2, -0.15) is 13.2 Å². The van der Waals surface area contributed by atoms with Crippen LogP contribution in [0.3, 0.4) is 0 Å². The maximum atomic E-state index is 12.9. The first-order valence-electron chi connectivity index (χ1n) is 6.22. The van der Waals surface area contributed by atoms with E-state index in [0.29, 0.717) is 0 Å². The molecule has 8 heteroatoms. The first-order valence-corrected chi connectivity index (χ1v) is 6.75. The highest BCUT2D eigenvalue weighted by molar-refractivity contribution is 6.17. The van der Waals surface area contributed by atoms with Gasteiger partial charge in [0.1, 0.15) is 5.75 Å². The van der Waals surface area contributed by atoms with Crippen LogP contribution in [0.2, 0.25) is 0 Å². The van der Waals surface area contributed by atoms with Crippen LogP contribution in [-0.4, -0.2) is 6.36 Å². The predicted octanol–water partition coefficient (Wildman–Crippen LogP) is 6.01. The molecule has 0 atom stereocenters. The molecule has 0 heterocycles. The van der Waals surface area contributed by atoms with Gasteiger partial charge >= 0.3 is 12.5 Å². The van der Waals surface area contributed by atoms with Crippen molar-refractivity contribution >= 4 is 11.6 Å². The number of benzene rings is 2. The summed E-state index contributed by atoms with van der Waals surface area (Å²) in [5.74, 6) is -0.671. The van der Waals surface area contributed by atoms with Crippen molar-refractivity contribution in [2.24, 2.45) is 0 Å². The Bertz CT molecular complexity index is 693. The van der Waals surface area contributed by atoms with Gasteiger partial charge in [0.05, 0.1) is 5.56 Å². The van der Waals surface area contributed by atoms with Gasteiger partial charge in [0, 0.05) is 5.88 Å². The fourth-order valence-corrected chi connectivity index (χ4v) is 2.13. The van der Waals surface area contributed by atoms with E-state index in [4.69, 9.17) is 11.6 Å². The first-order chi connectivity index (χ1) is 10.6. The fraction of sp³-hybridized carbons (Fsp3) is 0.200. The number of rotatable bonds is 3. The van der Waals surface area contributed by atoms with Gasteiger partial charge < -0.3 is 4.74 Å². The maximum Gasteiger partial charge on any atom is 0.573 e. The van der Waals surface area contributed by atoms with Crippen LogP contribution in [0.15, 0.2) is 42.5 Å². The number of alkyl halides is 7. The summed E-state index contributed by atoms with van der Waals surface area (Å²) in [6.45, 7) is 0. The third kappa shape index (κ3) is 4.79. The van der Waals surface area contributed by atoms with Gasteiger partial charge in [-0.3, -0.25) is 0 Å². The molecular formula is C15H9ClF6O. The van der Waals surface area contributed by atoms with Gasteiger partial charge in [0.15, 0.2) is 0 Å². The molecule has 0 aliphatic rings. The second kappa shape index (κ2) is 6.31. The summed E-state index contributed by atoms with van der Waals surface area (Å²) < 4.78 is 79.1. The highest BCUT2D eigenvalue weighted by Crippen LogP contribution is 2.35. The zero-order valence-electron chi connectivity index (χ0n) is 11.3. The van der Waals surface area contributed by atoms with Crippen molar-refractivity contribution in [3.05, 3.63) is 53.6 Å². The predicted molar refractivity (Wildman–Crippen MR) is 73.1 cm³/mol. The Morgan fingerprint density at radius 1 is 0.870 bits per heavy atom. The summed E-state index contributed by atoms with van der Waals surface area (Å²) in [5.41, 5.74) is -0.459. The summed E-state index contributed by atoms with van der Waals surface area (Å²) >= 11 is 5.59. The lowest BCUT2D eigenvalue weighted by Crippen LogP contribution is -2.17. The smallest absolute Gasteiger partial charge is 0.406 e. The van der Waals surface area contributed by atoms with Crippen LogP contribution in [-0.2, 0) is 12.1 Å². The van der Waals surface area contributed by atoms with E-state index < -0.39 is 23.9 Å². The molecule has 0 aromatic heterocycles. The molecule has 2 rings (SSSR count). The Morgan fingerprint density at radius 2 is 1.57 bits per heavy atom. The van der Waals surface area contributed by atoms with Crippen molar-refractivity contribution in [1.29, 1.82) is 0 Å². The molecule has 0 aliphatic heterocycles. The zero-order chi connectivity index (χ0) is 17.3. The summed E-state index contributed by atoms with van der Waals surface area (Å²) in [6.07, 6.45) is -9.47. The lowest BCUT2D eigenvalue weighted by Gasteiger charge is -2.13. The van der Waals surface area contributed by atoms with Gasteiger partial charge in [-0.05, 0) is 47.0 Å². The van der Waals surface area contributed by atoms with Crippen molar-refractivity contribution < 1.29 is 31.1 Å². The minimum atomic E-state index is -4.88. The molecule has 2 aromatic carbocycles. The normalized spacial score (nSPS) is 12.3. The molecule has 0 saturated carbocycles. The quantitative estimate of drug-likeness (QED) is 0.484. The summed E-state index contributed by atoms with van der Waals surface area (Å²) in [4.78, 5) is 0. The van der Waals surface area contributed by atoms with E-state index in [0.717, 1.165) is 24.3 Å². The molecule has 0 aliphatic carbocycles. The lowest BCUT2D eigenvalue weighted by molar-refractivity contribution is -0.274. The molecule has 0 spiro atoms. The topological polar surface area (TPSA) is 9.23 Å². The minimum absolute atomic E-state index is 0.100. The van der Waals surface area contributed by atoms with Crippen molar-refractivity contribution in [1.82, 2.24) is 0 Å². The van der Waals surface area contributed by atoms with Gasteiger partial charge in [0.25, 0.3) is 0 Å². The van der Waals surface area contributed by atoms with E-state index in [-0.39, 0.29) is 22.6 Å². The Labute approximate surface area is 132 Å². The molecule has 0 saturated heterocycles. The first kappa shape index (κ1) is 17.5. The van der Waals surface area contributed by atoms with Crippen molar-refractivity contribution in [3.8, 4) is 16.9 Å². The summed E-state index contributed by atoms with van der Waals surface area (Å²) in [5, 5.41) is 0. The largest absolute Gasteiger partial charge is 0.573 e. The zero-order valence-corrected chi connectivity index (χ0v) is 12.1. The monoisotopic (exact) mass is 354 g/mol. The third-order valence-electron chi connectivity index (χ3n) is 2.88. The van der Waals surface area contributed by atoms with E-state index in [1.165, 1.54) is 18.2 Å². The second-order valence-electron chi connectivity index (χ2n) is 4.63. The van der Waals surface area contributed by atoms with Crippen LogP contribution in [0, 0.1) is 0 Å². The van der Waals surface area contributed by atoms with Gasteiger partial charge in [0.2, 0.25) is 0 Å². The number of ether oxygens (including phenoxy) is 1. The van der Waals surface area contributed by atoms with E-state index >= 15 is 0 Å². The van der Waals surface area contributed by atoms with Gasteiger partial charge in [-0.25, -0.2) is 0 Å². The van der Waals surface area contributed by atoms with Crippen molar-refractivity contribution in [2.45, 2.75) is 18.4 Å². The second-order valence-corrected chi connectivity index (χ2v) is 4.89. The molecule has 1 nitrogen and oxygen atoms in total. The van der Waals surface area contributed by atoms with Crippen molar-refractivity contribution in [2.75, 3.05) is 0 Å². The molecule has 0 unspecified atom stereocenters. The Morgan fingerprint density at radius 3 is 2.13 bits per heavy atom. The molecule has 0 radical (unpaired) electrons. The van der Waals surface area contributed by atoms with Crippen LogP contribution >= 0.6 is 11.6 Å². The van der Waals surface area contributed by atoms with Crippen LogP contribution in [0.5, 0.6) is 5.75 Å². The molecule has 23 heavy (non-hydrogen) atoms. The van der Waals surface area contributed by atoms with Crippen molar-refractivity contribution in [3.63, 3.8) is 0 Å². The fourth-order valence-electron chi connectivity index (χ4n) is 1.97. The standard InChI is InChI=1S/C15H9ClF6O/c16-8-9-4-11(6-12(5-9)14(17,18)19)10-2-1-3-13(7-10)23-15(20,21)22/h1-7H,8H2. The number of halogens is 7. The molecule has 124 valence electrons. The van der Waals surface area contributed by atoms with Crippen LogP contribution in [0.4, 0.5) is 26.3 Å². The third-order valence-corrected chi connectivity index (χ3v) is 3.18. The highest BCUT2D eigenvalue weighted by Gasteiger charge is 2.32. The van der Waals surface area contributed by atoms with E-state index in [2.05, 4.69) is 4.74 Å². The summed E-state index contributed by atoms with van der Waals surface area (Å²) in [7, 11) is 0. The van der Waals surface area contributed by atoms with Crippen LogP contribution in [0.1, 0.15) is 11.1 Å². The molecule has 2 aromatic rings. The maximum absolute atomic E-state index is 12.9. The highest BCUT2D eigenvalue weighted by atomic mass is 35.5.